The van der Waals surface area contributed by atoms with Gasteiger partial charge >= 0.3 is 0 Å². The van der Waals surface area contributed by atoms with Crippen molar-refractivity contribution >= 4 is 0 Å². The quantitative estimate of drug-likeness (QED) is 0.611. The molecule has 0 saturated heterocycles. The maximum absolute atomic E-state index is 2.26. The van der Waals surface area contributed by atoms with Gasteiger partial charge in [0.15, 0.2) is 0 Å². The summed E-state index contributed by atoms with van der Waals surface area (Å²) in [6.45, 7) is 0. The standard InChI is InChI=1S/C10H16N2/c1-11(2)12-8-7-9-5-3-4-6-10(9)12/h7-8H,3-6H2,1-2H3. The minimum atomic E-state index is 1.25. The van der Waals surface area contributed by atoms with E-state index in [1.165, 1.54) is 31.4 Å². The molecule has 0 spiro atoms. The molecule has 1 aromatic rings. The molecule has 2 nitrogen and oxygen atoms in total. The van der Waals surface area contributed by atoms with Gasteiger partial charge in [-0.25, -0.2) is 0 Å². The monoisotopic (exact) mass is 164 g/mol. The predicted octanol–water partition coefficient (Wildman–Crippen LogP) is 1.56. The fourth-order valence-corrected chi connectivity index (χ4v) is 1.98. The summed E-state index contributed by atoms with van der Waals surface area (Å²) in [5.41, 5.74) is 3.07. The van der Waals surface area contributed by atoms with Crippen molar-refractivity contribution in [3.05, 3.63) is 23.5 Å². The lowest BCUT2D eigenvalue weighted by molar-refractivity contribution is 0.614. The van der Waals surface area contributed by atoms with Gasteiger partial charge in [-0.15, -0.1) is 0 Å². The molecular formula is C10H16N2. The maximum Gasteiger partial charge on any atom is 0.0428 e. The van der Waals surface area contributed by atoms with E-state index in [0.29, 0.717) is 0 Å². The summed E-state index contributed by atoms with van der Waals surface area (Å²) < 4.78 is 2.26. The molecule has 12 heavy (non-hydrogen) atoms. The number of rotatable bonds is 1. The summed E-state index contributed by atoms with van der Waals surface area (Å²) in [4.78, 5) is 0. The van der Waals surface area contributed by atoms with Crippen LogP contribution in [0.1, 0.15) is 24.1 Å². The summed E-state index contributed by atoms with van der Waals surface area (Å²) in [7, 11) is 4.18. The average Bonchev–Trinajstić information content (AvgIpc) is 2.47. The maximum atomic E-state index is 2.26. The molecule has 0 bridgehead atoms. The second-order valence-electron chi connectivity index (χ2n) is 3.69. The third kappa shape index (κ3) is 1.11. The summed E-state index contributed by atoms with van der Waals surface area (Å²) in [5.74, 6) is 0. The van der Waals surface area contributed by atoms with E-state index in [2.05, 4.69) is 36.0 Å². The number of fused-ring (bicyclic) bond motifs is 1. The van der Waals surface area contributed by atoms with Crippen LogP contribution in [0.25, 0.3) is 0 Å². The molecule has 0 atom stereocenters. The lowest BCUT2D eigenvalue weighted by Crippen LogP contribution is -2.26. The zero-order valence-electron chi connectivity index (χ0n) is 7.88. The minimum absolute atomic E-state index is 1.25. The lowest BCUT2D eigenvalue weighted by atomic mass is 9.98. The second kappa shape index (κ2) is 2.85. The highest BCUT2D eigenvalue weighted by atomic mass is 15.5. The van der Waals surface area contributed by atoms with E-state index in [1.54, 1.807) is 5.56 Å². The predicted molar refractivity (Wildman–Crippen MR) is 51.1 cm³/mol. The van der Waals surface area contributed by atoms with Crippen LogP contribution in [0.15, 0.2) is 12.3 Å². The van der Waals surface area contributed by atoms with Crippen molar-refractivity contribution in [2.45, 2.75) is 25.7 Å². The summed E-state index contributed by atoms with van der Waals surface area (Å²) in [6, 6.07) is 2.26. The van der Waals surface area contributed by atoms with Gasteiger partial charge in [-0.3, -0.25) is 4.68 Å². The third-order valence-electron chi connectivity index (χ3n) is 2.60. The van der Waals surface area contributed by atoms with Crippen molar-refractivity contribution in [1.82, 2.24) is 4.68 Å². The van der Waals surface area contributed by atoms with Crippen LogP contribution in [-0.4, -0.2) is 18.8 Å². The molecule has 1 aliphatic carbocycles. The molecule has 1 aromatic heterocycles. The first kappa shape index (κ1) is 7.71. The Hall–Kier alpha value is -0.920. The van der Waals surface area contributed by atoms with E-state index in [-0.39, 0.29) is 0 Å². The number of hydrogen-bond donors (Lipinski definition) is 0. The molecule has 0 radical (unpaired) electrons. The van der Waals surface area contributed by atoms with Crippen LogP contribution in [0.4, 0.5) is 0 Å². The first-order valence-electron chi connectivity index (χ1n) is 4.66. The van der Waals surface area contributed by atoms with Gasteiger partial charge in [0.1, 0.15) is 0 Å². The zero-order valence-corrected chi connectivity index (χ0v) is 7.88. The molecule has 0 saturated carbocycles. The molecule has 1 heterocycles. The van der Waals surface area contributed by atoms with Crippen molar-refractivity contribution in [3.8, 4) is 0 Å². The second-order valence-corrected chi connectivity index (χ2v) is 3.69. The van der Waals surface area contributed by atoms with Gasteiger partial charge in [-0.05, 0) is 37.3 Å². The Labute approximate surface area is 73.8 Å². The van der Waals surface area contributed by atoms with Gasteiger partial charge in [-0.1, -0.05) is 0 Å². The molecule has 0 unspecified atom stereocenters. The van der Waals surface area contributed by atoms with E-state index in [0.717, 1.165) is 0 Å². The molecule has 66 valence electrons. The van der Waals surface area contributed by atoms with Gasteiger partial charge < -0.3 is 5.01 Å². The summed E-state index contributed by atoms with van der Waals surface area (Å²) >= 11 is 0. The van der Waals surface area contributed by atoms with Crippen LogP contribution in [0.3, 0.4) is 0 Å². The Morgan fingerprint density at radius 1 is 1.25 bits per heavy atom. The number of aryl methyl sites for hydroxylation is 1. The fraction of sp³-hybridized carbons (Fsp3) is 0.600. The normalized spacial score (nSPS) is 15.8. The molecular weight excluding hydrogens is 148 g/mol. The van der Waals surface area contributed by atoms with E-state index in [4.69, 9.17) is 0 Å². The molecule has 0 aromatic carbocycles. The van der Waals surface area contributed by atoms with Crippen LogP contribution in [0.5, 0.6) is 0 Å². The van der Waals surface area contributed by atoms with Crippen molar-refractivity contribution in [2.24, 2.45) is 0 Å². The van der Waals surface area contributed by atoms with Crippen LogP contribution in [0.2, 0.25) is 0 Å². The topological polar surface area (TPSA) is 8.17 Å². The van der Waals surface area contributed by atoms with Gasteiger partial charge in [0.25, 0.3) is 0 Å². The average molecular weight is 164 g/mol. The van der Waals surface area contributed by atoms with Crippen molar-refractivity contribution in [3.63, 3.8) is 0 Å². The van der Waals surface area contributed by atoms with Crippen LogP contribution in [-0.2, 0) is 12.8 Å². The first-order valence-corrected chi connectivity index (χ1v) is 4.66. The summed E-state index contributed by atoms with van der Waals surface area (Å²) in [6.07, 6.45) is 7.42. The Morgan fingerprint density at radius 3 is 2.75 bits per heavy atom. The molecule has 0 amide bonds. The van der Waals surface area contributed by atoms with Crippen molar-refractivity contribution in [2.75, 3.05) is 19.1 Å². The number of aromatic nitrogens is 1. The Morgan fingerprint density at radius 2 is 2.00 bits per heavy atom. The third-order valence-corrected chi connectivity index (χ3v) is 2.60. The largest absolute Gasteiger partial charge is 0.319 e. The molecule has 0 aliphatic heterocycles. The Bertz CT molecular complexity index is 273. The number of nitrogens with zero attached hydrogens (tertiary/aromatic N) is 2. The SMILES string of the molecule is CN(C)n1ccc2c1CCCC2. The fourth-order valence-electron chi connectivity index (χ4n) is 1.98. The Balaban J connectivity index is 2.38. The van der Waals surface area contributed by atoms with E-state index < -0.39 is 0 Å². The van der Waals surface area contributed by atoms with Crippen molar-refractivity contribution in [1.29, 1.82) is 0 Å². The number of hydrogen-bond acceptors (Lipinski definition) is 1. The molecule has 0 N–H and O–H groups in total. The van der Waals surface area contributed by atoms with Gasteiger partial charge in [-0.2, -0.15) is 0 Å². The molecule has 0 fully saturated rings. The zero-order chi connectivity index (χ0) is 8.55. The Kier molecular flexibility index (Phi) is 1.83. The lowest BCUT2D eigenvalue weighted by Gasteiger charge is -2.21. The smallest absolute Gasteiger partial charge is 0.0428 e. The van der Waals surface area contributed by atoms with Crippen LogP contribution < -0.4 is 5.01 Å². The first-order chi connectivity index (χ1) is 5.79. The highest BCUT2D eigenvalue weighted by Gasteiger charge is 2.13. The van der Waals surface area contributed by atoms with E-state index >= 15 is 0 Å². The molecule has 1 aliphatic rings. The summed E-state index contributed by atoms with van der Waals surface area (Å²) in [5, 5.41) is 2.14. The molecule has 2 rings (SSSR count). The van der Waals surface area contributed by atoms with E-state index in [9.17, 15) is 0 Å². The highest BCUT2D eigenvalue weighted by Crippen LogP contribution is 2.21. The van der Waals surface area contributed by atoms with Gasteiger partial charge in [0, 0.05) is 26.0 Å². The minimum Gasteiger partial charge on any atom is -0.319 e. The van der Waals surface area contributed by atoms with Gasteiger partial charge in [0.05, 0.1) is 0 Å². The van der Waals surface area contributed by atoms with Crippen LogP contribution >= 0.6 is 0 Å². The highest BCUT2D eigenvalue weighted by molar-refractivity contribution is 5.26. The molecule has 2 heteroatoms. The van der Waals surface area contributed by atoms with Crippen molar-refractivity contribution < 1.29 is 0 Å². The van der Waals surface area contributed by atoms with E-state index in [1.807, 2.05) is 0 Å². The van der Waals surface area contributed by atoms with Crippen LogP contribution in [0, 0.1) is 0 Å². The van der Waals surface area contributed by atoms with Gasteiger partial charge in [0.2, 0.25) is 0 Å².